The third kappa shape index (κ3) is 4.76. The molecule has 0 aliphatic heterocycles. The van der Waals surface area contributed by atoms with E-state index in [1.54, 1.807) is 48.7 Å². The zero-order valence-corrected chi connectivity index (χ0v) is 15.6. The minimum atomic E-state index is -0.321. The van der Waals surface area contributed by atoms with E-state index >= 15 is 0 Å². The number of para-hydroxylation sites is 1. The van der Waals surface area contributed by atoms with Crippen LogP contribution >= 0.6 is 0 Å². The number of hydrogen-bond acceptors (Lipinski definition) is 3. The van der Waals surface area contributed by atoms with Gasteiger partial charge >= 0.3 is 0 Å². The molecule has 0 atom stereocenters. The van der Waals surface area contributed by atoms with Crippen molar-refractivity contribution >= 4 is 29.2 Å². The van der Waals surface area contributed by atoms with Gasteiger partial charge < -0.3 is 15.1 Å². The van der Waals surface area contributed by atoms with Crippen molar-refractivity contribution in [2.75, 3.05) is 11.9 Å². The molecule has 2 N–H and O–H groups in total. The Labute approximate surface area is 164 Å². The van der Waals surface area contributed by atoms with Gasteiger partial charge in [0.15, 0.2) is 0 Å². The topological polar surface area (TPSA) is 71.3 Å². The highest BCUT2D eigenvalue weighted by molar-refractivity contribution is 6.29. The maximum Gasteiger partial charge on any atom is 0.256 e. The Bertz CT molecular complexity index is 961. The van der Waals surface area contributed by atoms with Gasteiger partial charge in [-0.05, 0) is 42.3 Å². The van der Waals surface area contributed by atoms with E-state index < -0.39 is 0 Å². The van der Waals surface area contributed by atoms with Crippen molar-refractivity contribution in [2.24, 2.45) is 0 Å². The van der Waals surface area contributed by atoms with Crippen LogP contribution in [0.25, 0.3) is 11.6 Å². The molecule has 1 aromatic heterocycles. The van der Waals surface area contributed by atoms with Crippen molar-refractivity contribution in [1.29, 1.82) is 0 Å². The van der Waals surface area contributed by atoms with Gasteiger partial charge in [-0.15, -0.1) is 0 Å². The maximum absolute atomic E-state index is 13.1. The third-order valence-electron chi connectivity index (χ3n) is 4.11. The molecule has 1 heterocycles. The molecule has 5 heteroatoms. The fourth-order valence-electron chi connectivity index (χ4n) is 2.73. The molecule has 0 aliphatic rings. The van der Waals surface area contributed by atoms with Crippen LogP contribution in [0.2, 0.25) is 0 Å². The maximum atomic E-state index is 13.1. The fourth-order valence-corrected chi connectivity index (χ4v) is 2.73. The van der Waals surface area contributed by atoms with Crippen LogP contribution in [0.3, 0.4) is 0 Å². The molecule has 0 spiro atoms. The number of amides is 2. The Morgan fingerprint density at radius 1 is 0.964 bits per heavy atom. The predicted molar refractivity (Wildman–Crippen MR) is 111 cm³/mol. The summed E-state index contributed by atoms with van der Waals surface area (Å²) in [5.41, 5.74) is 2.08. The number of benzene rings is 2. The number of hydrogen-bond donors (Lipinski definition) is 2. The third-order valence-corrected chi connectivity index (χ3v) is 4.11. The number of furan rings is 1. The van der Waals surface area contributed by atoms with Crippen LogP contribution in [-0.2, 0) is 4.79 Å². The van der Waals surface area contributed by atoms with Crippen LogP contribution in [0, 0.1) is 0 Å². The van der Waals surface area contributed by atoms with Gasteiger partial charge in [-0.3, -0.25) is 9.59 Å². The van der Waals surface area contributed by atoms with E-state index in [9.17, 15) is 9.59 Å². The van der Waals surface area contributed by atoms with Gasteiger partial charge in [0.1, 0.15) is 5.76 Å². The molecule has 0 radical (unpaired) electrons. The molecule has 142 valence electrons. The normalized spacial score (nSPS) is 11.1. The molecule has 0 saturated carbocycles. The lowest BCUT2D eigenvalue weighted by Crippen LogP contribution is -2.26. The second kappa shape index (κ2) is 9.37. The van der Waals surface area contributed by atoms with Gasteiger partial charge in [0.25, 0.3) is 11.8 Å². The van der Waals surface area contributed by atoms with E-state index in [0.717, 1.165) is 12.0 Å². The van der Waals surface area contributed by atoms with Crippen molar-refractivity contribution in [1.82, 2.24) is 5.32 Å². The highest BCUT2D eigenvalue weighted by atomic mass is 16.3. The molecule has 0 fully saturated rings. The van der Waals surface area contributed by atoms with E-state index in [2.05, 4.69) is 10.6 Å². The van der Waals surface area contributed by atoms with Crippen LogP contribution in [-0.4, -0.2) is 18.4 Å². The zero-order chi connectivity index (χ0) is 19.8. The molecule has 28 heavy (non-hydrogen) atoms. The van der Waals surface area contributed by atoms with E-state index in [1.807, 2.05) is 37.3 Å². The highest BCUT2D eigenvalue weighted by Gasteiger charge is 2.17. The summed E-state index contributed by atoms with van der Waals surface area (Å²) in [5, 5.41) is 5.71. The summed E-state index contributed by atoms with van der Waals surface area (Å²) in [4.78, 5) is 25.5. The van der Waals surface area contributed by atoms with Gasteiger partial charge in [0.05, 0.1) is 23.1 Å². The van der Waals surface area contributed by atoms with E-state index in [4.69, 9.17) is 4.42 Å². The summed E-state index contributed by atoms with van der Waals surface area (Å²) >= 11 is 0. The number of carbonyl (C=O) groups excluding carboxylic acids is 2. The molecular weight excluding hydrogens is 352 g/mol. The average Bonchev–Trinajstić information content (AvgIpc) is 3.24. The van der Waals surface area contributed by atoms with Crippen LogP contribution in [0.4, 0.5) is 5.69 Å². The summed E-state index contributed by atoms with van der Waals surface area (Å²) in [6, 6.07) is 19.8. The number of anilines is 1. The lowest BCUT2D eigenvalue weighted by atomic mass is 10.0. The first-order chi connectivity index (χ1) is 13.7. The molecule has 0 bridgehead atoms. The minimum absolute atomic E-state index is 0.214. The standard InChI is InChI=1S/C23H22N2O3/c1-2-14-24-22(26)19-12-6-7-13-21(19)25-23(27)20(16-18-11-8-15-28-18)17-9-4-3-5-10-17/h3-13,15-16H,2,14H2,1H3,(H,24,26)(H,25,27)/b20-16+. The SMILES string of the molecule is CCCNC(=O)c1ccccc1NC(=O)/C(=C/c1ccco1)c1ccccc1. The zero-order valence-electron chi connectivity index (χ0n) is 15.6. The van der Waals surface area contributed by atoms with Crippen LogP contribution in [0.1, 0.15) is 35.0 Å². The van der Waals surface area contributed by atoms with Crippen LogP contribution in [0.5, 0.6) is 0 Å². The van der Waals surface area contributed by atoms with Gasteiger partial charge in [0.2, 0.25) is 0 Å². The first-order valence-electron chi connectivity index (χ1n) is 9.18. The monoisotopic (exact) mass is 374 g/mol. The molecule has 3 aromatic rings. The Morgan fingerprint density at radius 3 is 2.43 bits per heavy atom. The number of nitrogens with one attached hydrogen (secondary N) is 2. The van der Waals surface area contributed by atoms with Crippen molar-refractivity contribution in [3.05, 3.63) is 89.9 Å². The van der Waals surface area contributed by atoms with Gasteiger partial charge in [-0.1, -0.05) is 49.4 Å². The molecule has 0 aliphatic carbocycles. The molecular formula is C23H22N2O3. The molecule has 5 nitrogen and oxygen atoms in total. The lowest BCUT2D eigenvalue weighted by Gasteiger charge is -2.13. The minimum Gasteiger partial charge on any atom is -0.465 e. The summed E-state index contributed by atoms with van der Waals surface area (Å²) in [6.45, 7) is 2.56. The lowest BCUT2D eigenvalue weighted by molar-refractivity contribution is -0.111. The quantitative estimate of drug-likeness (QED) is 0.594. The molecule has 3 rings (SSSR count). The smallest absolute Gasteiger partial charge is 0.256 e. The molecule has 2 amide bonds. The highest BCUT2D eigenvalue weighted by Crippen LogP contribution is 2.22. The predicted octanol–water partition coefficient (Wildman–Crippen LogP) is 4.60. The Morgan fingerprint density at radius 2 is 1.71 bits per heavy atom. The van der Waals surface area contributed by atoms with Crippen molar-refractivity contribution in [2.45, 2.75) is 13.3 Å². The Hall–Kier alpha value is -3.60. The van der Waals surface area contributed by atoms with Gasteiger partial charge in [-0.25, -0.2) is 0 Å². The molecule has 0 unspecified atom stereocenters. The van der Waals surface area contributed by atoms with Crippen molar-refractivity contribution in [3.63, 3.8) is 0 Å². The average molecular weight is 374 g/mol. The van der Waals surface area contributed by atoms with E-state index in [0.29, 0.717) is 29.1 Å². The van der Waals surface area contributed by atoms with Crippen molar-refractivity contribution in [3.8, 4) is 0 Å². The first kappa shape index (κ1) is 19.2. The van der Waals surface area contributed by atoms with E-state index in [1.165, 1.54) is 0 Å². The molecule has 2 aromatic carbocycles. The van der Waals surface area contributed by atoms with Gasteiger partial charge in [0, 0.05) is 6.54 Å². The largest absolute Gasteiger partial charge is 0.465 e. The summed E-state index contributed by atoms with van der Waals surface area (Å²) in [5.74, 6) is 0.0374. The second-order valence-electron chi connectivity index (χ2n) is 6.20. The summed E-state index contributed by atoms with van der Waals surface area (Å²) in [6.07, 6.45) is 4.08. The van der Waals surface area contributed by atoms with Crippen molar-refractivity contribution < 1.29 is 14.0 Å². The van der Waals surface area contributed by atoms with Gasteiger partial charge in [-0.2, -0.15) is 0 Å². The summed E-state index contributed by atoms with van der Waals surface area (Å²) < 4.78 is 5.37. The number of carbonyl (C=O) groups is 2. The fraction of sp³-hybridized carbons (Fsp3) is 0.130. The Balaban J connectivity index is 1.90. The van der Waals surface area contributed by atoms with E-state index in [-0.39, 0.29) is 11.8 Å². The van der Waals surface area contributed by atoms with Crippen LogP contribution in [0.15, 0.2) is 77.4 Å². The summed E-state index contributed by atoms with van der Waals surface area (Å²) in [7, 11) is 0. The Kier molecular flexibility index (Phi) is 6.41. The second-order valence-corrected chi connectivity index (χ2v) is 6.20. The number of rotatable bonds is 7. The van der Waals surface area contributed by atoms with Crippen LogP contribution < -0.4 is 10.6 Å². The molecule has 0 saturated heterocycles. The first-order valence-corrected chi connectivity index (χ1v) is 9.18.